The quantitative estimate of drug-likeness (QED) is 0.618. The fourth-order valence-corrected chi connectivity index (χ4v) is 4.50. The molecule has 1 saturated carbocycles. The fourth-order valence-electron chi connectivity index (χ4n) is 4.50. The van der Waals surface area contributed by atoms with Crippen molar-refractivity contribution >= 4 is 5.70 Å². The standard InChI is InChI=1S/C25H31N/c1-18-7-9-22(10-8-18)23-13-15-26(16-14-23)20(3)25-12-11-24(17-19(25)2)21-5-4-6-21/h7-12,17,21,23H,3-6,13-16H2,1-2H3. The van der Waals surface area contributed by atoms with Gasteiger partial charge in [-0.15, -0.1) is 0 Å². The predicted molar refractivity (Wildman–Crippen MR) is 112 cm³/mol. The van der Waals surface area contributed by atoms with Crippen LogP contribution in [0.5, 0.6) is 0 Å². The number of benzene rings is 2. The zero-order valence-corrected chi connectivity index (χ0v) is 16.3. The largest absolute Gasteiger partial charge is 0.371 e. The van der Waals surface area contributed by atoms with Crippen molar-refractivity contribution in [3.8, 4) is 0 Å². The Hall–Kier alpha value is -2.02. The Labute approximate surface area is 158 Å². The molecule has 0 aromatic heterocycles. The summed E-state index contributed by atoms with van der Waals surface area (Å²) in [5.74, 6) is 1.50. The fraction of sp³-hybridized carbons (Fsp3) is 0.440. The number of piperidine rings is 1. The first-order valence-corrected chi connectivity index (χ1v) is 10.2. The monoisotopic (exact) mass is 345 g/mol. The van der Waals surface area contributed by atoms with Gasteiger partial charge < -0.3 is 4.90 Å². The molecule has 0 amide bonds. The molecule has 4 rings (SSSR count). The Morgan fingerprint density at radius 2 is 1.46 bits per heavy atom. The van der Waals surface area contributed by atoms with Gasteiger partial charge in [0.2, 0.25) is 0 Å². The van der Waals surface area contributed by atoms with Gasteiger partial charge in [-0.25, -0.2) is 0 Å². The van der Waals surface area contributed by atoms with E-state index in [0.717, 1.165) is 19.0 Å². The number of likely N-dealkylation sites (tertiary alicyclic amines) is 1. The minimum Gasteiger partial charge on any atom is -0.371 e. The van der Waals surface area contributed by atoms with E-state index in [1.165, 1.54) is 65.6 Å². The van der Waals surface area contributed by atoms with E-state index in [0.29, 0.717) is 5.92 Å². The Kier molecular flexibility index (Phi) is 4.89. The highest BCUT2D eigenvalue weighted by Crippen LogP contribution is 2.38. The Bertz CT molecular complexity index is 774. The van der Waals surface area contributed by atoms with Crippen molar-refractivity contribution in [2.24, 2.45) is 0 Å². The van der Waals surface area contributed by atoms with Crippen molar-refractivity contribution in [2.45, 2.75) is 57.8 Å². The molecule has 0 atom stereocenters. The van der Waals surface area contributed by atoms with Gasteiger partial charge in [0.25, 0.3) is 0 Å². The van der Waals surface area contributed by atoms with Crippen molar-refractivity contribution < 1.29 is 0 Å². The average Bonchev–Trinajstić information content (AvgIpc) is 2.61. The molecule has 1 heteroatoms. The third-order valence-electron chi connectivity index (χ3n) is 6.56. The maximum atomic E-state index is 4.45. The minimum atomic E-state index is 0.696. The summed E-state index contributed by atoms with van der Waals surface area (Å²) in [5, 5.41) is 0. The lowest BCUT2D eigenvalue weighted by atomic mass is 9.79. The molecule has 0 bridgehead atoms. The van der Waals surface area contributed by atoms with Crippen molar-refractivity contribution in [1.29, 1.82) is 0 Å². The van der Waals surface area contributed by atoms with Crippen LogP contribution in [0.4, 0.5) is 0 Å². The highest BCUT2D eigenvalue weighted by atomic mass is 15.1. The molecule has 136 valence electrons. The maximum absolute atomic E-state index is 4.45. The van der Waals surface area contributed by atoms with Gasteiger partial charge in [0.1, 0.15) is 0 Å². The average molecular weight is 346 g/mol. The lowest BCUT2D eigenvalue weighted by Gasteiger charge is -2.36. The Morgan fingerprint density at radius 1 is 0.846 bits per heavy atom. The molecule has 1 aliphatic carbocycles. The summed E-state index contributed by atoms with van der Waals surface area (Å²) in [7, 11) is 0. The molecule has 2 aromatic rings. The van der Waals surface area contributed by atoms with Gasteiger partial charge in [-0.1, -0.05) is 61.0 Å². The van der Waals surface area contributed by atoms with Crippen LogP contribution in [0.1, 0.15) is 71.8 Å². The van der Waals surface area contributed by atoms with Gasteiger partial charge in [-0.05, 0) is 68.1 Å². The summed E-state index contributed by atoms with van der Waals surface area (Å²) in [6.07, 6.45) is 6.58. The first-order valence-electron chi connectivity index (χ1n) is 10.2. The molecular weight excluding hydrogens is 314 g/mol. The molecule has 0 unspecified atom stereocenters. The lowest BCUT2D eigenvalue weighted by molar-refractivity contribution is 0.299. The van der Waals surface area contributed by atoms with E-state index in [9.17, 15) is 0 Å². The van der Waals surface area contributed by atoms with Crippen LogP contribution in [0.2, 0.25) is 0 Å². The topological polar surface area (TPSA) is 3.24 Å². The van der Waals surface area contributed by atoms with E-state index >= 15 is 0 Å². The molecule has 1 nitrogen and oxygen atoms in total. The van der Waals surface area contributed by atoms with E-state index in [4.69, 9.17) is 0 Å². The van der Waals surface area contributed by atoms with E-state index in [-0.39, 0.29) is 0 Å². The minimum absolute atomic E-state index is 0.696. The Morgan fingerprint density at radius 3 is 2.04 bits per heavy atom. The lowest BCUT2D eigenvalue weighted by Crippen LogP contribution is -2.31. The van der Waals surface area contributed by atoms with Crippen molar-refractivity contribution in [3.63, 3.8) is 0 Å². The van der Waals surface area contributed by atoms with Crippen LogP contribution in [-0.2, 0) is 0 Å². The van der Waals surface area contributed by atoms with Crippen molar-refractivity contribution in [1.82, 2.24) is 4.90 Å². The molecular formula is C25H31N. The summed E-state index contributed by atoms with van der Waals surface area (Å²) in [5.41, 5.74) is 8.32. The summed E-state index contributed by atoms with van der Waals surface area (Å²) in [4.78, 5) is 2.50. The molecule has 2 fully saturated rings. The van der Waals surface area contributed by atoms with Crippen molar-refractivity contribution in [2.75, 3.05) is 13.1 Å². The number of aryl methyl sites for hydroxylation is 2. The van der Waals surface area contributed by atoms with Crippen LogP contribution in [0.3, 0.4) is 0 Å². The molecule has 0 radical (unpaired) electrons. The van der Waals surface area contributed by atoms with E-state index in [2.05, 4.69) is 67.8 Å². The smallest absolute Gasteiger partial charge is 0.0369 e. The second-order valence-electron chi connectivity index (χ2n) is 8.32. The molecule has 2 aliphatic rings. The SMILES string of the molecule is C=C(c1ccc(C2CCC2)cc1C)N1CCC(c2ccc(C)cc2)CC1. The molecule has 1 aliphatic heterocycles. The molecule has 2 aromatic carbocycles. The molecule has 1 heterocycles. The van der Waals surface area contributed by atoms with Crippen LogP contribution in [-0.4, -0.2) is 18.0 Å². The van der Waals surface area contributed by atoms with Gasteiger partial charge in [-0.2, -0.15) is 0 Å². The molecule has 26 heavy (non-hydrogen) atoms. The number of rotatable bonds is 4. The number of hydrogen-bond acceptors (Lipinski definition) is 1. The number of nitrogens with zero attached hydrogens (tertiary/aromatic N) is 1. The molecule has 0 N–H and O–H groups in total. The van der Waals surface area contributed by atoms with E-state index < -0.39 is 0 Å². The van der Waals surface area contributed by atoms with Gasteiger partial charge in [-0.3, -0.25) is 0 Å². The van der Waals surface area contributed by atoms with Crippen molar-refractivity contribution in [3.05, 3.63) is 76.9 Å². The van der Waals surface area contributed by atoms with E-state index in [1.54, 1.807) is 0 Å². The van der Waals surface area contributed by atoms with Gasteiger partial charge in [0.05, 0.1) is 0 Å². The zero-order valence-electron chi connectivity index (χ0n) is 16.3. The van der Waals surface area contributed by atoms with Gasteiger partial charge >= 0.3 is 0 Å². The normalized spacial score (nSPS) is 18.6. The Balaban J connectivity index is 1.41. The molecule has 0 spiro atoms. The van der Waals surface area contributed by atoms with Crippen LogP contribution in [0.15, 0.2) is 49.0 Å². The second-order valence-corrected chi connectivity index (χ2v) is 8.32. The number of hydrogen-bond donors (Lipinski definition) is 0. The van der Waals surface area contributed by atoms with Crippen LogP contribution in [0, 0.1) is 13.8 Å². The van der Waals surface area contributed by atoms with Crippen LogP contribution < -0.4 is 0 Å². The first-order chi connectivity index (χ1) is 12.6. The summed E-state index contributed by atoms with van der Waals surface area (Å²) < 4.78 is 0. The predicted octanol–water partition coefficient (Wildman–Crippen LogP) is 6.42. The van der Waals surface area contributed by atoms with Crippen LogP contribution in [0.25, 0.3) is 5.70 Å². The summed E-state index contributed by atoms with van der Waals surface area (Å²) >= 11 is 0. The van der Waals surface area contributed by atoms with Crippen LogP contribution >= 0.6 is 0 Å². The zero-order chi connectivity index (χ0) is 18.1. The summed E-state index contributed by atoms with van der Waals surface area (Å²) in [6.45, 7) is 11.1. The van der Waals surface area contributed by atoms with Gasteiger partial charge in [0.15, 0.2) is 0 Å². The highest BCUT2D eigenvalue weighted by Gasteiger charge is 2.23. The highest BCUT2D eigenvalue weighted by molar-refractivity contribution is 5.65. The first kappa shape index (κ1) is 17.4. The second kappa shape index (κ2) is 7.31. The third-order valence-corrected chi connectivity index (χ3v) is 6.56. The van der Waals surface area contributed by atoms with Gasteiger partial charge in [0, 0.05) is 24.4 Å². The van der Waals surface area contributed by atoms with E-state index in [1.807, 2.05) is 0 Å². The maximum Gasteiger partial charge on any atom is 0.0369 e. The summed E-state index contributed by atoms with van der Waals surface area (Å²) in [6, 6.07) is 16.2. The molecule has 1 saturated heterocycles. The third kappa shape index (κ3) is 3.45.